The molecular weight excluding hydrogens is 304 g/mol. The highest BCUT2D eigenvalue weighted by atomic mass is 16.5. The van der Waals surface area contributed by atoms with Crippen molar-refractivity contribution in [2.24, 2.45) is 22.2 Å². The third kappa shape index (κ3) is 3.70. The highest BCUT2D eigenvalue weighted by Crippen LogP contribution is 2.52. The van der Waals surface area contributed by atoms with E-state index in [1.54, 1.807) is 0 Å². The molecule has 6 heteroatoms. The molecule has 4 atom stereocenters. The number of guanidine groups is 1. The zero-order valence-electron chi connectivity index (χ0n) is 15.7. The number of aliphatic imine (C=N–C) groups is 1. The van der Waals surface area contributed by atoms with Gasteiger partial charge in [0.25, 0.3) is 0 Å². The van der Waals surface area contributed by atoms with Gasteiger partial charge in [0.05, 0.1) is 19.3 Å². The summed E-state index contributed by atoms with van der Waals surface area (Å²) in [6, 6.07) is 0.450. The second-order valence-electron chi connectivity index (χ2n) is 8.16. The minimum absolute atomic E-state index is 0.179. The lowest BCUT2D eigenvalue weighted by molar-refractivity contribution is -0.106. The summed E-state index contributed by atoms with van der Waals surface area (Å²) in [5, 5.41) is 7.16. The maximum atomic E-state index is 5.88. The van der Waals surface area contributed by atoms with E-state index < -0.39 is 0 Å². The fraction of sp³-hybridized carbons (Fsp3) is 0.944. The third-order valence-electron chi connectivity index (χ3n) is 5.91. The van der Waals surface area contributed by atoms with Crippen LogP contribution in [-0.4, -0.2) is 76.1 Å². The molecule has 3 rings (SSSR count). The Hall–Kier alpha value is -0.850. The Balaban J connectivity index is 1.43. The first-order chi connectivity index (χ1) is 11.5. The van der Waals surface area contributed by atoms with E-state index in [9.17, 15) is 0 Å². The number of ether oxygens (including phenoxy) is 2. The number of nitrogens with one attached hydrogen (secondary N) is 2. The van der Waals surface area contributed by atoms with Gasteiger partial charge < -0.3 is 20.1 Å². The average molecular weight is 338 g/mol. The van der Waals surface area contributed by atoms with Crippen molar-refractivity contribution < 1.29 is 9.47 Å². The van der Waals surface area contributed by atoms with Gasteiger partial charge in [-0.15, -0.1) is 0 Å². The van der Waals surface area contributed by atoms with E-state index in [2.05, 4.69) is 41.3 Å². The minimum atomic E-state index is 0.179. The van der Waals surface area contributed by atoms with Crippen LogP contribution in [0.1, 0.15) is 27.2 Å². The van der Waals surface area contributed by atoms with Gasteiger partial charge in [0, 0.05) is 57.2 Å². The molecule has 3 aliphatic rings. The Kier molecular flexibility index (Phi) is 5.67. The van der Waals surface area contributed by atoms with E-state index in [1.165, 1.54) is 0 Å². The van der Waals surface area contributed by atoms with Crippen LogP contribution < -0.4 is 10.6 Å². The van der Waals surface area contributed by atoms with Crippen molar-refractivity contribution in [2.45, 2.75) is 39.3 Å². The zero-order valence-corrected chi connectivity index (χ0v) is 15.7. The van der Waals surface area contributed by atoms with Gasteiger partial charge in [0.2, 0.25) is 0 Å². The van der Waals surface area contributed by atoms with Crippen molar-refractivity contribution in [2.75, 3.05) is 53.0 Å². The molecule has 138 valence electrons. The molecule has 2 N–H and O–H groups in total. The standard InChI is InChI=1S/C18H34N4O2/c1-13(12-22-6-9-23-10-7-22)11-20-17(19-4)21-15-14-5-8-24-16(14)18(15,2)3/h13-16H,5-12H2,1-4H3,(H2,19,20,21). The molecule has 0 aromatic heterocycles. The molecule has 0 aromatic rings. The van der Waals surface area contributed by atoms with Crippen LogP contribution in [0.3, 0.4) is 0 Å². The van der Waals surface area contributed by atoms with Gasteiger partial charge in [0.1, 0.15) is 0 Å². The van der Waals surface area contributed by atoms with Gasteiger partial charge in [-0.1, -0.05) is 20.8 Å². The lowest BCUT2D eigenvalue weighted by atomic mass is 9.57. The Morgan fingerprint density at radius 1 is 1.29 bits per heavy atom. The number of rotatable bonds is 5. The molecule has 1 saturated carbocycles. The van der Waals surface area contributed by atoms with Crippen LogP contribution in [0, 0.1) is 17.3 Å². The van der Waals surface area contributed by atoms with Gasteiger partial charge in [-0.2, -0.15) is 0 Å². The fourth-order valence-corrected chi connectivity index (χ4v) is 4.52. The summed E-state index contributed by atoms with van der Waals surface area (Å²) in [6.45, 7) is 13.7. The fourth-order valence-electron chi connectivity index (χ4n) is 4.52. The largest absolute Gasteiger partial charge is 0.379 e. The Morgan fingerprint density at radius 2 is 2.04 bits per heavy atom. The molecule has 0 amide bonds. The lowest BCUT2D eigenvalue weighted by Crippen LogP contribution is -2.68. The number of nitrogens with zero attached hydrogens (tertiary/aromatic N) is 2. The number of hydrogen-bond acceptors (Lipinski definition) is 4. The topological polar surface area (TPSA) is 58.1 Å². The van der Waals surface area contributed by atoms with Crippen molar-refractivity contribution >= 4 is 5.96 Å². The zero-order chi connectivity index (χ0) is 17.2. The number of fused-ring (bicyclic) bond motifs is 1. The summed E-state index contributed by atoms with van der Waals surface area (Å²) in [6.07, 6.45) is 1.57. The van der Waals surface area contributed by atoms with E-state index in [0.29, 0.717) is 24.0 Å². The molecular formula is C18H34N4O2. The smallest absolute Gasteiger partial charge is 0.191 e. The Bertz CT molecular complexity index is 448. The van der Waals surface area contributed by atoms with Gasteiger partial charge in [0.15, 0.2) is 5.96 Å². The van der Waals surface area contributed by atoms with Crippen LogP contribution in [0.2, 0.25) is 0 Å². The van der Waals surface area contributed by atoms with Gasteiger partial charge in [-0.3, -0.25) is 9.89 Å². The van der Waals surface area contributed by atoms with Gasteiger partial charge in [-0.25, -0.2) is 0 Å². The SMILES string of the molecule is CN=C(NCC(C)CN1CCOCC1)NC1C2CCOC2C1(C)C. The van der Waals surface area contributed by atoms with E-state index in [0.717, 1.165) is 58.4 Å². The highest BCUT2D eigenvalue weighted by molar-refractivity contribution is 5.80. The van der Waals surface area contributed by atoms with Crippen molar-refractivity contribution in [3.63, 3.8) is 0 Å². The summed E-state index contributed by atoms with van der Waals surface area (Å²) >= 11 is 0. The molecule has 24 heavy (non-hydrogen) atoms. The summed E-state index contributed by atoms with van der Waals surface area (Å²) in [4.78, 5) is 6.92. The second kappa shape index (κ2) is 7.58. The monoisotopic (exact) mass is 338 g/mol. The maximum absolute atomic E-state index is 5.88. The highest BCUT2D eigenvalue weighted by Gasteiger charge is 2.59. The van der Waals surface area contributed by atoms with Crippen LogP contribution in [0.25, 0.3) is 0 Å². The number of hydrogen-bond donors (Lipinski definition) is 2. The molecule has 6 nitrogen and oxygen atoms in total. The van der Waals surface area contributed by atoms with Crippen molar-refractivity contribution in [3.05, 3.63) is 0 Å². The molecule has 2 aliphatic heterocycles. The first-order valence-electron chi connectivity index (χ1n) is 9.41. The lowest BCUT2D eigenvalue weighted by Gasteiger charge is -2.55. The summed E-state index contributed by atoms with van der Waals surface area (Å²) in [5.74, 6) is 2.13. The minimum Gasteiger partial charge on any atom is -0.379 e. The van der Waals surface area contributed by atoms with E-state index in [-0.39, 0.29) is 5.41 Å². The molecule has 0 spiro atoms. The summed E-state index contributed by atoms with van der Waals surface area (Å²) in [7, 11) is 1.86. The van der Waals surface area contributed by atoms with Crippen LogP contribution in [0.4, 0.5) is 0 Å². The summed E-state index contributed by atoms with van der Waals surface area (Å²) in [5.41, 5.74) is 0.179. The van der Waals surface area contributed by atoms with E-state index in [1.807, 2.05) is 7.05 Å². The average Bonchev–Trinajstić information content (AvgIpc) is 3.03. The van der Waals surface area contributed by atoms with Crippen molar-refractivity contribution in [1.82, 2.24) is 15.5 Å². The van der Waals surface area contributed by atoms with Crippen LogP contribution in [0.5, 0.6) is 0 Å². The van der Waals surface area contributed by atoms with Crippen molar-refractivity contribution in [1.29, 1.82) is 0 Å². The van der Waals surface area contributed by atoms with Gasteiger partial charge >= 0.3 is 0 Å². The Labute approximate surface area is 146 Å². The Morgan fingerprint density at radius 3 is 2.75 bits per heavy atom. The van der Waals surface area contributed by atoms with E-state index in [4.69, 9.17) is 9.47 Å². The van der Waals surface area contributed by atoms with Crippen molar-refractivity contribution in [3.8, 4) is 0 Å². The van der Waals surface area contributed by atoms with Crippen LogP contribution in [-0.2, 0) is 9.47 Å². The molecule has 0 aromatic carbocycles. The molecule has 2 saturated heterocycles. The molecule has 2 heterocycles. The first kappa shape index (κ1) is 18.0. The molecule has 1 aliphatic carbocycles. The molecule has 0 bridgehead atoms. The third-order valence-corrected chi connectivity index (χ3v) is 5.91. The van der Waals surface area contributed by atoms with Crippen LogP contribution in [0.15, 0.2) is 4.99 Å². The second-order valence-corrected chi connectivity index (χ2v) is 8.16. The predicted molar refractivity (Wildman–Crippen MR) is 96.3 cm³/mol. The first-order valence-corrected chi connectivity index (χ1v) is 9.41. The normalized spacial score (nSPS) is 34.3. The van der Waals surface area contributed by atoms with E-state index >= 15 is 0 Å². The number of morpholine rings is 1. The molecule has 0 radical (unpaired) electrons. The molecule has 4 unspecified atom stereocenters. The molecule has 3 fully saturated rings. The summed E-state index contributed by atoms with van der Waals surface area (Å²) < 4.78 is 11.3. The van der Waals surface area contributed by atoms with Gasteiger partial charge in [-0.05, 0) is 12.3 Å². The predicted octanol–water partition coefficient (Wildman–Crippen LogP) is 0.933. The van der Waals surface area contributed by atoms with Crippen LogP contribution >= 0.6 is 0 Å². The maximum Gasteiger partial charge on any atom is 0.191 e. The quantitative estimate of drug-likeness (QED) is 0.577.